The third kappa shape index (κ3) is 4.11. The quantitative estimate of drug-likeness (QED) is 0.204. The summed E-state index contributed by atoms with van der Waals surface area (Å²) < 4.78 is 6.49. The van der Waals surface area contributed by atoms with E-state index in [0.29, 0.717) is 17.5 Å². The van der Waals surface area contributed by atoms with Gasteiger partial charge in [0, 0.05) is 38.4 Å². The highest BCUT2D eigenvalue weighted by molar-refractivity contribution is 6.11. The van der Waals surface area contributed by atoms with Gasteiger partial charge in [-0.1, -0.05) is 135 Å². The van der Waals surface area contributed by atoms with E-state index in [1.54, 1.807) is 0 Å². The third-order valence-corrected chi connectivity index (χ3v) is 9.34. The fourth-order valence-corrected chi connectivity index (χ4v) is 6.96. The van der Waals surface area contributed by atoms with Crippen LogP contribution in [0.1, 0.15) is 25.0 Å². The number of hydrogen-bond acceptors (Lipinski definition) is 4. The highest BCUT2D eigenvalue weighted by atomic mass is 16.3. The lowest BCUT2D eigenvalue weighted by molar-refractivity contribution is 0.653. The van der Waals surface area contributed by atoms with E-state index in [9.17, 15) is 0 Å². The van der Waals surface area contributed by atoms with Crippen LogP contribution in [-0.2, 0) is 5.41 Å². The number of para-hydroxylation sites is 1. The Morgan fingerprint density at radius 3 is 1.76 bits per heavy atom. The lowest BCUT2D eigenvalue weighted by atomic mass is 9.81. The van der Waals surface area contributed by atoms with E-state index in [4.69, 9.17) is 19.4 Å². The molecule has 4 nitrogen and oxygen atoms in total. The van der Waals surface area contributed by atoms with Crippen LogP contribution in [0.3, 0.4) is 0 Å². The van der Waals surface area contributed by atoms with Crippen LogP contribution in [-0.4, -0.2) is 15.0 Å². The van der Waals surface area contributed by atoms with Crippen molar-refractivity contribution < 1.29 is 4.42 Å². The van der Waals surface area contributed by atoms with Crippen molar-refractivity contribution >= 4 is 21.9 Å². The number of nitrogens with zero attached hydrogens (tertiary/aromatic N) is 3. The van der Waals surface area contributed by atoms with Crippen molar-refractivity contribution in [1.29, 1.82) is 0 Å². The molecule has 0 bridgehead atoms. The van der Waals surface area contributed by atoms with Gasteiger partial charge in [-0.2, -0.15) is 0 Å². The molecule has 2 aromatic heterocycles. The van der Waals surface area contributed by atoms with E-state index >= 15 is 0 Å². The lowest BCUT2D eigenvalue weighted by Crippen LogP contribution is -2.14. The van der Waals surface area contributed by atoms with Crippen molar-refractivity contribution in [1.82, 2.24) is 15.0 Å². The highest BCUT2D eigenvalue weighted by Crippen LogP contribution is 2.53. The molecule has 0 aliphatic heterocycles. The smallest absolute Gasteiger partial charge is 0.164 e. The maximum Gasteiger partial charge on any atom is 0.164 e. The molecule has 4 heteroatoms. The first-order valence-corrected chi connectivity index (χ1v) is 15.6. The van der Waals surface area contributed by atoms with Gasteiger partial charge in [0.05, 0.1) is 0 Å². The number of aromatic nitrogens is 3. The number of fused-ring (bicyclic) bond motifs is 7. The highest BCUT2D eigenvalue weighted by Gasteiger charge is 2.38. The molecule has 218 valence electrons. The predicted molar refractivity (Wildman–Crippen MR) is 186 cm³/mol. The Hall–Kier alpha value is -5.87. The maximum absolute atomic E-state index is 6.49. The van der Waals surface area contributed by atoms with Crippen LogP contribution in [0.25, 0.3) is 78.4 Å². The van der Waals surface area contributed by atoms with Crippen molar-refractivity contribution in [3.05, 3.63) is 151 Å². The molecule has 0 saturated carbocycles. The van der Waals surface area contributed by atoms with Crippen molar-refractivity contribution in [3.63, 3.8) is 0 Å². The molecule has 0 spiro atoms. The van der Waals surface area contributed by atoms with Crippen LogP contribution in [0.15, 0.2) is 144 Å². The first-order valence-electron chi connectivity index (χ1n) is 15.6. The Bertz CT molecular complexity index is 2380. The monoisotopic (exact) mass is 591 g/mol. The van der Waals surface area contributed by atoms with Crippen molar-refractivity contribution in [3.8, 4) is 56.4 Å². The normalized spacial score (nSPS) is 13.2. The van der Waals surface area contributed by atoms with Crippen LogP contribution in [0.5, 0.6) is 0 Å². The van der Waals surface area contributed by atoms with Gasteiger partial charge in [-0.05, 0) is 46.0 Å². The van der Waals surface area contributed by atoms with E-state index in [-0.39, 0.29) is 5.41 Å². The summed E-state index contributed by atoms with van der Waals surface area (Å²) in [4.78, 5) is 14.8. The molecule has 1 aliphatic rings. The van der Waals surface area contributed by atoms with Crippen LogP contribution in [0.4, 0.5) is 0 Å². The van der Waals surface area contributed by atoms with Gasteiger partial charge in [0.1, 0.15) is 11.2 Å². The second kappa shape index (κ2) is 10.1. The second-order valence-corrected chi connectivity index (χ2v) is 12.5. The molecule has 8 aromatic rings. The van der Waals surface area contributed by atoms with E-state index in [1.807, 2.05) is 66.7 Å². The van der Waals surface area contributed by atoms with E-state index < -0.39 is 0 Å². The van der Waals surface area contributed by atoms with Crippen LogP contribution in [0.2, 0.25) is 0 Å². The molecule has 0 fully saturated rings. The van der Waals surface area contributed by atoms with Gasteiger partial charge in [-0.25, -0.2) is 15.0 Å². The minimum atomic E-state index is -0.172. The molecule has 9 rings (SSSR count). The number of furan rings is 1. The first-order chi connectivity index (χ1) is 22.5. The summed E-state index contributed by atoms with van der Waals surface area (Å²) in [7, 11) is 0. The van der Waals surface area contributed by atoms with Gasteiger partial charge >= 0.3 is 0 Å². The van der Waals surface area contributed by atoms with Crippen molar-refractivity contribution in [2.24, 2.45) is 0 Å². The SMILES string of the molecule is CC1(C)c2cc(-c3cccc(-c4nc(-c5ccccc5)nc(-c5ccccc5)n4)c3)ccc2-c2c1ccc1c2oc2ccccc21. The van der Waals surface area contributed by atoms with Crippen LogP contribution >= 0.6 is 0 Å². The van der Waals surface area contributed by atoms with E-state index in [1.165, 1.54) is 22.3 Å². The molecule has 0 amide bonds. The molecule has 6 aromatic carbocycles. The zero-order valence-corrected chi connectivity index (χ0v) is 25.5. The van der Waals surface area contributed by atoms with Gasteiger partial charge in [0.15, 0.2) is 17.5 Å². The largest absolute Gasteiger partial charge is 0.455 e. The van der Waals surface area contributed by atoms with Gasteiger partial charge in [0.2, 0.25) is 0 Å². The summed E-state index contributed by atoms with van der Waals surface area (Å²) in [6, 6.07) is 48.3. The molecule has 0 N–H and O–H groups in total. The summed E-state index contributed by atoms with van der Waals surface area (Å²) in [5.74, 6) is 1.96. The zero-order valence-electron chi connectivity index (χ0n) is 25.5. The number of benzene rings is 6. The van der Waals surface area contributed by atoms with Gasteiger partial charge in [0.25, 0.3) is 0 Å². The van der Waals surface area contributed by atoms with Crippen molar-refractivity contribution in [2.75, 3.05) is 0 Å². The Morgan fingerprint density at radius 1 is 0.457 bits per heavy atom. The summed E-state index contributed by atoms with van der Waals surface area (Å²) in [6.07, 6.45) is 0. The number of hydrogen-bond donors (Lipinski definition) is 0. The molecule has 0 saturated heterocycles. The fraction of sp³-hybridized carbons (Fsp3) is 0.0714. The Balaban J connectivity index is 1.16. The zero-order chi connectivity index (χ0) is 30.8. The molecule has 1 aliphatic carbocycles. The van der Waals surface area contributed by atoms with Crippen LogP contribution in [0, 0.1) is 0 Å². The molecular weight excluding hydrogens is 562 g/mol. The standard InChI is InChI=1S/C42H29N3O/c1-42(2)34-23-22-32-31-18-9-10-19-36(31)46-38(32)37(34)33-21-20-29(25-35(33)42)28-16-11-17-30(24-28)41-44-39(26-12-5-3-6-13-26)43-40(45-41)27-14-7-4-8-15-27/h3-25H,1-2H3. The van der Waals surface area contributed by atoms with E-state index in [2.05, 4.69) is 86.6 Å². The van der Waals surface area contributed by atoms with Crippen molar-refractivity contribution in [2.45, 2.75) is 19.3 Å². The number of rotatable bonds is 4. The third-order valence-electron chi connectivity index (χ3n) is 9.34. The molecule has 0 atom stereocenters. The molecule has 2 heterocycles. The Morgan fingerprint density at radius 2 is 1.04 bits per heavy atom. The maximum atomic E-state index is 6.49. The second-order valence-electron chi connectivity index (χ2n) is 12.5. The average Bonchev–Trinajstić information content (AvgIpc) is 3.61. The fourth-order valence-electron chi connectivity index (χ4n) is 6.96. The lowest BCUT2D eigenvalue weighted by Gasteiger charge is -2.22. The van der Waals surface area contributed by atoms with Gasteiger partial charge in [-0.15, -0.1) is 0 Å². The Labute approximate surface area is 267 Å². The Kier molecular flexibility index (Phi) is 5.81. The topological polar surface area (TPSA) is 51.8 Å². The molecule has 46 heavy (non-hydrogen) atoms. The molecule has 0 radical (unpaired) electrons. The molecule has 0 unspecified atom stereocenters. The van der Waals surface area contributed by atoms with Gasteiger partial charge in [-0.3, -0.25) is 0 Å². The molecular formula is C42H29N3O. The predicted octanol–water partition coefficient (Wildman–Crippen LogP) is 10.7. The minimum Gasteiger partial charge on any atom is -0.455 e. The summed E-state index contributed by atoms with van der Waals surface area (Å²) in [6.45, 7) is 4.63. The minimum absolute atomic E-state index is 0.172. The first kappa shape index (κ1) is 26.5. The van der Waals surface area contributed by atoms with Gasteiger partial charge < -0.3 is 4.42 Å². The summed E-state index contributed by atoms with van der Waals surface area (Å²) in [5.41, 5.74) is 11.9. The summed E-state index contributed by atoms with van der Waals surface area (Å²) in [5, 5.41) is 2.32. The summed E-state index contributed by atoms with van der Waals surface area (Å²) >= 11 is 0. The average molecular weight is 592 g/mol. The van der Waals surface area contributed by atoms with E-state index in [0.717, 1.165) is 49.8 Å². The van der Waals surface area contributed by atoms with Crippen LogP contribution < -0.4 is 0 Å².